The van der Waals surface area contributed by atoms with Gasteiger partial charge in [-0.3, -0.25) is 4.79 Å². The Kier molecular flexibility index (Phi) is 6.93. The molecule has 0 aliphatic heterocycles. The number of carbonyl (C=O) groups is 1. The number of halogens is 1. The number of nitrogens with two attached hydrogens (primary N) is 1. The maximum atomic E-state index is 13.1. The minimum atomic E-state index is -3.88. The van der Waals surface area contributed by atoms with Gasteiger partial charge in [-0.1, -0.05) is 88.7 Å². The lowest BCUT2D eigenvalue weighted by Gasteiger charge is -2.12. The van der Waals surface area contributed by atoms with E-state index < -0.39 is 10.0 Å². The minimum absolute atomic E-state index is 0.0430. The van der Waals surface area contributed by atoms with Gasteiger partial charge in [0.2, 0.25) is 10.0 Å². The SMILES string of the molecule is NS(=O)(=O)c1ccccc1-c1ccc(C(=O)Cc2ccccc2Oc2ccc3cc(Br)ccc3c2)cc1. The van der Waals surface area contributed by atoms with Crippen molar-refractivity contribution >= 4 is 42.5 Å². The molecule has 0 heterocycles. The molecule has 2 N–H and O–H groups in total. The average molecular weight is 572 g/mol. The Morgan fingerprint density at radius 1 is 0.784 bits per heavy atom. The molecular formula is C30H22BrNO4S. The molecule has 0 aliphatic rings. The zero-order chi connectivity index (χ0) is 26.0. The van der Waals surface area contributed by atoms with Crippen molar-refractivity contribution in [3.8, 4) is 22.6 Å². The van der Waals surface area contributed by atoms with Crippen molar-refractivity contribution in [2.24, 2.45) is 5.14 Å². The maximum Gasteiger partial charge on any atom is 0.238 e. The summed E-state index contributed by atoms with van der Waals surface area (Å²) in [5.41, 5.74) is 2.44. The van der Waals surface area contributed by atoms with E-state index in [9.17, 15) is 13.2 Å². The van der Waals surface area contributed by atoms with Gasteiger partial charge in [0.05, 0.1) is 4.90 Å². The summed E-state index contributed by atoms with van der Waals surface area (Å²) in [6.45, 7) is 0. The number of hydrogen-bond acceptors (Lipinski definition) is 4. The number of primary sulfonamides is 1. The van der Waals surface area contributed by atoms with Gasteiger partial charge in [0, 0.05) is 27.6 Å². The van der Waals surface area contributed by atoms with Gasteiger partial charge in [-0.05, 0) is 52.7 Å². The molecule has 0 atom stereocenters. The van der Waals surface area contributed by atoms with Gasteiger partial charge in [-0.15, -0.1) is 0 Å². The van der Waals surface area contributed by atoms with Crippen LogP contribution in [0.2, 0.25) is 0 Å². The normalized spacial score (nSPS) is 11.4. The van der Waals surface area contributed by atoms with E-state index in [-0.39, 0.29) is 17.1 Å². The van der Waals surface area contributed by atoms with Crippen LogP contribution in [-0.2, 0) is 16.4 Å². The smallest absolute Gasteiger partial charge is 0.238 e. The van der Waals surface area contributed by atoms with E-state index >= 15 is 0 Å². The highest BCUT2D eigenvalue weighted by Crippen LogP contribution is 2.31. The zero-order valence-electron chi connectivity index (χ0n) is 19.6. The van der Waals surface area contributed by atoms with Crippen molar-refractivity contribution in [2.45, 2.75) is 11.3 Å². The van der Waals surface area contributed by atoms with Gasteiger partial charge in [0.1, 0.15) is 11.5 Å². The van der Waals surface area contributed by atoms with Crippen LogP contribution >= 0.6 is 15.9 Å². The van der Waals surface area contributed by atoms with Gasteiger partial charge in [0.15, 0.2) is 5.78 Å². The summed E-state index contributed by atoms with van der Waals surface area (Å²) in [4.78, 5) is 13.2. The van der Waals surface area contributed by atoms with Crippen LogP contribution in [0.4, 0.5) is 0 Å². The summed E-state index contributed by atoms with van der Waals surface area (Å²) in [5.74, 6) is 1.23. The third-order valence-electron chi connectivity index (χ3n) is 6.04. The number of ether oxygens (including phenoxy) is 1. The molecule has 0 bridgehead atoms. The van der Waals surface area contributed by atoms with Crippen LogP contribution in [0.15, 0.2) is 119 Å². The van der Waals surface area contributed by atoms with Gasteiger partial charge < -0.3 is 4.74 Å². The molecule has 184 valence electrons. The first kappa shape index (κ1) is 24.9. The van der Waals surface area contributed by atoms with Crippen LogP contribution in [0.5, 0.6) is 11.5 Å². The number of carbonyl (C=O) groups excluding carboxylic acids is 1. The van der Waals surface area contributed by atoms with Gasteiger partial charge in [-0.25, -0.2) is 13.6 Å². The van der Waals surface area contributed by atoms with Crippen LogP contribution in [0.25, 0.3) is 21.9 Å². The van der Waals surface area contributed by atoms with Crippen LogP contribution in [0.3, 0.4) is 0 Å². The molecule has 5 nitrogen and oxygen atoms in total. The van der Waals surface area contributed by atoms with Gasteiger partial charge in [0.25, 0.3) is 0 Å². The number of para-hydroxylation sites is 1. The van der Waals surface area contributed by atoms with E-state index in [1.54, 1.807) is 42.5 Å². The minimum Gasteiger partial charge on any atom is -0.457 e. The van der Waals surface area contributed by atoms with E-state index in [4.69, 9.17) is 9.88 Å². The van der Waals surface area contributed by atoms with Gasteiger partial charge in [-0.2, -0.15) is 0 Å². The van der Waals surface area contributed by atoms with Crippen molar-refractivity contribution in [1.29, 1.82) is 0 Å². The largest absolute Gasteiger partial charge is 0.457 e. The molecule has 0 amide bonds. The summed E-state index contributed by atoms with van der Waals surface area (Å²) >= 11 is 3.49. The van der Waals surface area contributed by atoms with Gasteiger partial charge >= 0.3 is 0 Å². The molecule has 5 rings (SSSR count). The second-order valence-electron chi connectivity index (χ2n) is 8.58. The van der Waals surface area contributed by atoms with Crippen molar-refractivity contribution in [3.63, 3.8) is 0 Å². The molecule has 5 aromatic carbocycles. The van der Waals surface area contributed by atoms with E-state index in [1.165, 1.54) is 6.07 Å². The molecule has 0 radical (unpaired) electrons. The number of rotatable bonds is 7. The van der Waals surface area contributed by atoms with Crippen molar-refractivity contribution in [2.75, 3.05) is 0 Å². The molecule has 37 heavy (non-hydrogen) atoms. The lowest BCUT2D eigenvalue weighted by atomic mass is 9.99. The van der Waals surface area contributed by atoms with E-state index in [0.29, 0.717) is 28.2 Å². The number of fused-ring (bicyclic) bond motifs is 1. The predicted molar refractivity (Wildman–Crippen MR) is 149 cm³/mol. The molecule has 7 heteroatoms. The Labute approximate surface area is 223 Å². The summed E-state index contributed by atoms with van der Waals surface area (Å²) in [5, 5.41) is 7.52. The third kappa shape index (κ3) is 5.64. The second-order valence-corrected chi connectivity index (χ2v) is 11.0. The molecule has 0 saturated carbocycles. The second kappa shape index (κ2) is 10.3. The predicted octanol–water partition coefficient (Wildman–Crippen LogP) is 7.13. The quantitative estimate of drug-likeness (QED) is 0.210. The number of Topliss-reactive ketones (excluding diaryl/α,β-unsaturated/α-hetero) is 1. The fraction of sp³-hybridized carbons (Fsp3) is 0.0333. The number of benzene rings is 5. The summed E-state index contributed by atoms with van der Waals surface area (Å²) in [6, 6.07) is 32.8. The van der Waals surface area contributed by atoms with Crippen molar-refractivity contribution in [3.05, 3.63) is 125 Å². The van der Waals surface area contributed by atoms with Crippen LogP contribution in [-0.4, -0.2) is 14.2 Å². The molecule has 0 fully saturated rings. The van der Waals surface area contributed by atoms with Crippen LogP contribution in [0.1, 0.15) is 15.9 Å². The third-order valence-corrected chi connectivity index (χ3v) is 7.50. The lowest BCUT2D eigenvalue weighted by molar-refractivity contribution is 0.0992. The number of hydrogen-bond donors (Lipinski definition) is 1. The average Bonchev–Trinajstić information content (AvgIpc) is 2.89. The maximum absolute atomic E-state index is 13.1. The first-order valence-electron chi connectivity index (χ1n) is 11.5. The fourth-order valence-electron chi connectivity index (χ4n) is 4.20. The highest BCUT2D eigenvalue weighted by molar-refractivity contribution is 9.10. The Hall–Kier alpha value is -3.78. The highest BCUT2D eigenvalue weighted by atomic mass is 79.9. The number of sulfonamides is 1. The highest BCUT2D eigenvalue weighted by Gasteiger charge is 2.16. The first-order chi connectivity index (χ1) is 17.8. The summed E-state index contributed by atoms with van der Waals surface area (Å²) < 4.78 is 31.1. The van der Waals surface area contributed by atoms with Crippen molar-refractivity contribution < 1.29 is 17.9 Å². The Morgan fingerprint density at radius 2 is 1.46 bits per heavy atom. The molecule has 0 spiro atoms. The van der Waals surface area contributed by atoms with Crippen LogP contribution < -0.4 is 9.88 Å². The number of ketones is 1. The van der Waals surface area contributed by atoms with E-state index in [0.717, 1.165) is 20.8 Å². The molecular weight excluding hydrogens is 550 g/mol. The topological polar surface area (TPSA) is 86.5 Å². The Balaban J connectivity index is 1.36. The van der Waals surface area contributed by atoms with E-state index in [1.807, 2.05) is 60.7 Å². The standard InChI is InChI=1S/C30H22BrNO4S/c31-25-15-13-23-18-26(16-14-22(23)17-25)36-29-7-3-1-5-24(29)19-28(33)21-11-9-20(10-12-21)27-6-2-4-8-30(27)37(32,34)35/h1-18H,19H2,(H2,32,34,35). The molecule has 0 aliphatic carbocycles. The summed E-state index contributed by atoms with van der Waals surface area (Å²) in [7, 11) is -3.88. The zero-order valence-corrected chi connectivity index (χ0v) is 22.0. The van der Waals surface area contributed by atoms with Crippen LogP contribution in [0, 0.1) is 0 Å². The Bertz CT molecular complexity index is 1730. The van der Waals surface area contributed by atoms with Crippen molar-refractivity contribution in [1.82, 2.24) is 0 Å². The molecule has 0 aromatic heterocycles. The first-order valence-corrected chi connectivity index (χ1v) is 13.8. The lowest BCUT2D eigenvalue weighted by Crippen LogP contribution is -2.13. The molecule has 5 aromatic rings. The monoisotopic (exact) mass is 571 g/mol. The molecule has 0 unspecified atom stereocenters. The van der Waals surface area contributed by atoms with E-state index in [2.05, 4.69) is 15.9 Å². The Morgan fingerprint density at radius 3 is 2.24 bits per heavy atom. The summed E-state index contributed by atoms with van der Waals surface area (Å²) in [6.07, 6.45) is 0.157. The fourth-order valence-corrected chi connectivity index (χ4v) is 5.34. The molecule has 0 saturated heterocycles.